The lowest BCUT2D eigenvalue weighted by Crippen LogP contribution is -2.01. The van der Waals surface area contributed by atoms with Crippen molar-refractivity contribution in [3.05, 3.63) is 48.1 Å². The molecule has 0 spiro atoms. The smallest absolute Gasteiger partial charge is 0.0801 e. The number of rotatable bonds is 0. The van der Waals surface area contributed by atoms with E-state index < -0.39 is 0 Å². The minimum atomic E-state index is 0.300. The minimum absolute atomic E-state index is 0.300. The molecule has 1 unspecified atom stereocenters. The molecule has 16 heavy (non-hydrogen) atoms. The molecule has 86 valence electrons. The van der Waals surface area contributed by atoms with Gasteiger partial charge in [-0.3, -0.25) is 0 Å². The van der Waals surface area contributed by atoms with Gasteiger partial charge in [0.1, 0.15) is 0 Å². The van der Waals surface area contributed by atoms with Crippen molar-refractivity contribution in [3.63, 3.8) is 0 Å². The molecule has 0 saturated carbocycles. The molecule has 0 aromatic heterocycles. The van der Waals surface area contributed by atoms with Crippen molar-refractivity contribution in [1.29, 1.82) is 0 Å². The van der Waals surface area contributed by atoms with Crippen molar-refractivity contribution in [2.45, 2.75) is 38.2 Å². The van der Waals surface area contributed by atoms with E-state index in [-0.39, 0.29) is 0 Å². The van der Waals surface area contributed by atoms with E-state index in [4.69, 9.17) is 4.74 Å². The average Bonchev–Trinajstić information content (AvgIpc) is 2.73. The fraction of sp³-hybridized carbons (Fsp3) is 0.467. The zero-order chi connectivity index (χ0) is 11.1. The third kappa shape index (κ3) is 3.82. The van der Waals surface area contributed by atoms with E-state index in [2.05, 4.69) is 42.5 Å². The molecular formula is C15H20O. The van der Waals surface area contributed by atoms with Crippen LogP contribution >= 0.6 is 0 Å². The van der Waals surface area contributed by atoms with Crippen LogP contribution in [-0.4, -0.2) is 12.7 Å². The molecule has 2 rings (SSSR count). The highest BCUT2D eigenvalue weighted by Crippen LogP contribution is 2.17. The van der Waals surface area contributed by atoms with E-state index in [0.717, 1.165) is 38.7 Å². The third-order valence-electron chi connectivity index (χ3n) is 2.90. The molecule has 1 aliphatic heterocycles. The van der Waals surface area contributed by atoms with Gasteiger partial charge >= 0.3 is 0 Å². The van der Waals surface area contributed by atoms with Gasteiger partial charge in [0.2, 0.25) is 0 Å². The van der Waals surface area contributed by atoms with E-state index in [9.17, 15) is 0 Å². The Balaban J connectivity index is 1.95. The number of fused-ring (bicyclic) bond motifs is 1. The maximum absolute atomic E-state index is 5.68. The van der Waals surface area contributed by atoms with Crippen molar-refractivity contribution in [2.75, 3.05) is 6.61 Å². The maximum atomic E-state index is 5.68. The Morgan fingerprint density at radius 2 is 1.56 bits per heavy atom. The van der Waals surface area contributed by atoms with Crippen LogP contribution in [0.2, 0.25) is 0 Å². The van der Waals surface area contributed by atoms with Crippen LogP contribution in [0.4, 0.5) is 0 Å². The number of hydrogen-bond donors (Lipinski definition) is 0. The zero-order valence-corrected chi connectivity index (χ0v) is 9.77. The SMILES string of the molecule is C1=C2/C=C\CC/C=C/CC/C=C/CC1OC2. The summed E-state index contributed by atoms with van der Waals surface area (Å²) in [6.45, 7) is 0.783. The van der Waals surface area contributed by atoms with Crippen LogP contribution in [0, 0.1) is 0 Å². The molecule has 1 atom stereocenters. The molecular weight excluding hydrogens is 196 g/mol. The molecule has 0 saturated heterocycles. The van der Waals surface area contributed by atoms with Crippen LogP contribution in [0.3, 0.4) is 0 Å². The molecule has 0 N–H and O–H groups in total. The summed E-state index contributed by atoms with van der Waals surface area (Å²) in [5.74, 6) is 0. The van der Waals surface area contributed by atoms with Gasteiger partial charge in [-0.25, -0.2) is 0 Å². The molecule has 0 fully saturated rings. The van der Waals surface area contributed by atoms with Crippen molar-refractivity contribution >= 4 is 0 Å². The lowest BCUT2D eigenvalue weighted by atomic mass is 10.1. The summed E-state index contributed by atoms with van der Waals surface area (Å²) in [6.07, 6.45) is 21.7. The van der Waals surface area contributed by atoms with Crippen molar-refractivity contribution in [2.24, 2.45) is 0 Å². The van der Waals surface area contributed by atoms with Gasteiger partial charge in [0.05, 0.1) is 12.7 Å². The fourth-order valence-corrected chi connectivity index (χ4v) is 1.98. The highest BCUT2D eigenvalue weighted by atomic mass is 16.5. The second-order valence-electron chi connectivity index (χ2n) is 4.33. The van der Waals surface area contributed by atoms with Gasteiger partial charge < -0.3 is 4.74 Å². The molecule has 1 nitrogen and oxygen atoms in total. The summed E-state index contributed by atoms with van der Waals surface area (Å²) in [5, 5.41) is 0. The summed E-state index contributed by atoms with van der Waals surface area (Å²) >= 11 is 0. The molecule has 2 aliphatic rings. The Morgan fingerprint density at radius 3 is 2.38 bits per heavy atom. The molecule has 1 aliphatic carbocycles. The monoisotopic (exact) mass is 216 g/mol. The van der Waals surface area contributed by atoms with Gasteiger partial charge in [0.15, 0.2) is 0 Å². The van der Waals surface area contributed by atoms with Crippen molar-refractivity contribution in [1.82, 2.24) is 0 Å². The molecule has 1 heterocycles. The molecule has 0 radical (unpaired) electrons. The van der Waals surface area contributed by atoms with E-state index in [0.29, 0.717) is 6.10 Å². The standard InChI is InChI=1S/C15H20O/c1-2-4-6-8-10-14-12-15(16-13-14)11-9-7-5-3-1/h1-2,7-10,12,15H,3-6,11,13H2/b2-1+,9-7+,10-8-. The lowest BCUT2D eigenvalue weighted by molar-refractivity contribution is 0.128. The number of ether oxygens (including phenoxy) is 1. The second kappa shape index (κ2) is 6.49. The Morgan fingerprint density at radius 1 is 0.875 bits per heavy atom. The van der Waals surface area contributed by atoms with Gasteiger partial charge in [-0.2, -0.15) is 0 Å². The summed E-state index contributed by atoms with van der Waals surface area (Å²) in [7, 11) is 0. The molecule has 0 aromatic rings. The zero-order valence-electron chi connectivity index (χ0n) is 9.77. The molecule has 0 amide bonds. The van der Waals surface area contributed by atoms with Gasteiger partial charge in [0, 0.05) is 0 Å². The maximum Gasteiger partial charge on any atom is 0.0801 e. The summed E-state index contributed by atoms with van der Waals surface area (Å²) in [6, 6.07) is 0. The van der Waals surface area contributed by atoms with Gasteiger partial charge in [-0.1, -0.05) is 42.5 Å². The normalized spacial score (nSPS) is 32.5. The van der Waals surface area contributed by atoms with E-state index in [1.54, 1.807) is 0 Å². The van der Waals surface area contributed by atoms with Crippen LogP contribution < -0.4 is 0 Å². The van der Waals surface area contributed by atoms with Gasteiger partial charge in [0.25, 0.3) is 0 Å². The molecule has 1 heteroatoms. The van der Waals surface area contributed by atoms with Gasteiger partial charge in [-0.05, 0) is 37.7 Å². The average molecular weight is 216 g/mol. The minimum Gasteiger partial charge on any atom is -0.369 e. The van der Waals surface area contributed by atoms with E-state index in [1.165, 1.54) is 5.57 Å². The first-order valence-electron chi connectivity index (χ1n) is 6.24. The first kappa shape index (κ1) is 11.4. The third-order valence-corrected chi connectivity index (χ3v) is 2.90. The fourth-order valence-electron chi connectivity index (χ4n) is 1.98. The Hall–Kier alpha value is -1.08. The van der Waals surface area contributed by atoms with Crippen LogP contribution in [0.1, 0.15) is 32.1 Å². The largest absolute Gasteiger partial charge is 0.369 e. The summed E-state index contributed by atoms with van der Waals surface area (Å²) < 4.78 is 5.68. The number of hydrogen-bond acceptors (Lipinski definition) is 1. The predicted molar refractivity (Wildman–Crippen MR) is 68.3 cm³/mol. The predicted octanol–water partition coefficient (Wildman–Crippen LogP) is 3.94. The van der Waals surface area contributed by atoms with E-state index in [1.807, 2.05) is 0 Å². The quantitative estimate of drug-likeness (QED) is 0.557. The van der Waals surface area contributed by atoms with Crippen LogP contribution in [-0.2, 0) is 4.74 Å². The Labute approximate surface area is 98.2 Å². The highest BCUT2D eigenvalue weighted by molar-refractivity contribution is 5.24. The van der Waals surface area contributed by atoms with Crippen LogP contribution in [0.25, 0.3) is 0 Å². The first-order chi connectivity index (χ1) is 7.95. The molecule has 0 aromatic carbocycles. The van der Waals surface area contributed by atoms with Gasteiger partial charge in [-0.15, -0.1) is 0 Å². The van der Waals surface area contributed by atoms with Crippen molar-refractivity contribution in [3.8, 4) is 0 Å². The Bertz CT molecular complexity index is 320. The second-order valence-corrected chi connectivity index (χ2v) is 4.33. The summed E-state index contributed by atoms with van der Waals surface area (Å²) in [4.78, 5) is 0. The van der Waals surface area contributed by atoms with Crippen LogP contribution in [0.15, 0.2) is 48.1 Å². The molecule has 2 bridgehead atoms. The highest BCUT2D eigenvalue weighted by Gasteiger charge is 2.12. The first-order valence-corrected chi connectivity index (χ1v) is 6.24. The van der Waals surface area contributed by atoms with E-state index >= 15 is 0 Å². The number of allylic oxidation sites excluding steroid dienone is 4. The lowest BCUT2D eigenvalue weighted by Gasteiger charge is -2.02. The Kier molecular flexibility index (Phi) is 4.63. The summed E-state index contributed by atoms with van der Waals surface area (Å²) in [5.41, 5.74) is 1.33. The van der Waals surface area contributed by atoms with Crippen LogP contribution in [0.5, 0.6) is 0 Å². The topological polar surface area (TPSA) is 9.23 Å². The van der Waals surface area contributed by atoms with Crippen molar-refractivity contribution < 1.29 is 4.74 Å².